The molecule has 0 atom stereocenters. The van der Waals surface area contributed by atoms with Gasteiger partial charge in [-0.05, 0) is 56.1 Å². The van der Waals surface area contributed by atoms with Crippen LogP contribution in [0.3, 0.4) is 0 Å². The molecule has 86 valence electrons. The summed E-state index contributed by atoms with van der Waals surface area (Å²) in [6.45, 7) is 8.40. The molecule has 0 aliphatic heterocycles. The summed E-state index contributed by atoms with van der Waals surface area (Å²) in [4.78, 5) is 0. The lowest BCUT2D eigenvalue weighted by atomic mass is 10.0. The fourth-order valence-corrected chi connectivity index (χ4v) is 2.14. The van der Waals surface area contributed by atoms with Crippen LogP contribution >= 0.6 is 0 Å². The Morgan fingerprint density at radius 3 is 2.81 bits per heavy atom. The van der Waals surface area contributed by atoms with Crippen molar-refractivity contribution in [3.63, 3.8) is 0 Å². The number of rotatable bonds is 4. The Balaban J connectivity index is 2.32. The van der Waals surface area contributed by atoms with Gasteiger partial charge in [0, 0.05) is 5.39 Å². The minimum Gasteiger partial charge on any atom is -0.464 e. The second-order valence-corrected chi connectivity index (χ2v) is 4.32. The zero-order chi connectivity index (χ0) is 11.5. The fourth-order valence-electron chi connectivity index (χ4n) is 2.14. The van der Waals surface area contributed by atoms with E-state index in [9.17, 15) is 0 Å². The fraction of sp³-hybridized carbons (Fsp3) is 0.429. The lowest BCUT2D eigenvalue weighted by Gasteiger charge is -2.01. The van der Waals surface area contributed by atoms with Crippen molar-refractivity contribution in [3.05, 3.63) is 35.1 Å². The molecule has 16 heavy (non-hydrogen) atoms. The van der Waals surface area contributed by atoms with E-state index in [2.05, 4.69) is 38.2 Å². The molecule has 0 unspecified atom stereocenters. The predicted octanol–water partition coefficient (Wildman–Crippen LogP) is 3.20. The van der Waals surface area contributed by atoms with Crippen LogP contribution in [0.25, 0.3) is 11.0 Å². The molecule has 0 bridgehead atoms. The van der Waals surface area contributed by atoms with E-state index < -0.39 is 0 Å². The standard InChI is InChI=1S/C14H19NO/c1-4-15-6-5-12-9-16-14-11(3)7-10(2)8-13(12)14/h7-9,15H,4-6H2,1-3H3. The number of fused-ring (bicyclic) bond motifs is 1. The van der Waals surface area contributed by atoms with E-state index in [-0.39, 0.29) is 0 Å². The topological polar surface area (TPSA) is 25.2 Å². The zero-order valence-electron chi connectivity index (χ0n) is 10.3. The quantitative estimate of drug-likeness (QED) is 0.796. The summed E-state index contributed by atoms with van der Waals surface area (Å²) >= 11 is 0. The SMILES string of the molecule is CCNCCc1coc2c(C)cc(C)cc12. The molecule has 1 heterocycles. The van der Waals surface area contributed by atoms with Gasteiger partial charge in [-0.25, -0.2) is 0 Å². The molecule has 2 aromatic rings. The van der Waals surface area contributed by atoms with E-state index in [1.54, 1.807) is 0 Å². The molecule has 0 saturated heterocycles. The smallest absolute Gasteiger partial charge is 0.137 e. The third-order valence-corrected chi connectivity index (χ3v) is 2.91. The van der Waals surface area contributed by atoms with Gasteiger partial charge in [0.25, 0.3) is 0 Å². The van der Waals surface area contributed by atoms with Gasteiger partial charge in [-0.1, -0.05) is 13.0 Å². The molecule has 0 aliphatic rings. The predicted molar refractivity (Wildman–Crippen MR) is 67.9 cm³/mol. The Morgan fingerprint density at radius 2 is 2.06 bits per heavy atom. The van der Waals surface area contributed by atoms with Gasteiger partial charge in [0.2, 0.25) is 0 Å². The molecule has 0 radical (unpaired) electrons. The minimum absolute atomic E-state index is 1.01. The first-order valence-electron chi connectivity index (χ1n) is 5.90. The summed E-state index contributed by atoms with van der Waals surface area (Å²) < 4.78 is 5.64. The molecule has 2 rings (SSSR count). The first-order chi connectivity index (χ1) is 7.72. The van der Waals surface area contributed by atoms with Gasteiger partial charge >= 0.3 is 0 Å². The van der Waals surface area contributed by atoms with Crippen LogP contribution in [-0.2, 0) is 6.42 Å². The molecule has 1 aromatic heterocycles. The van der Waals surface area contributed by atoms with Gasteiger partial charge in [-0.2, -0.15) is 0 Å². The third kappa shape index (κ3) is 2.12. The highest BCUT2D eigenvalue weighted by Gasteiger charge is 2.08. The Bertz CT molecular complexity index is 485. The molecule has 1 aromatic carbocycles. The van der Waals surface area contributed by atoms with Crippen LogP contribution in [0.4, 0.5) is 0 Å². The largest absolute Gasteiger partial charge is 0.464 e. The van der Waals surface area contributed by atoms with Crippen molar-refractivity contribution in [2.45, 2.75) is 27.2 Å². The van der Waals surface area contributed by atoms with Gasteiger partial charge in [-0.3, -0.25) is 0 Å². The van der Waals surface area contributed by atoms with Crippen molar-refractivity contribution in [2.24, 2.45) is 0 Å². The first-order valence-corrected chi connectivity index (χ1v) is 5.90. The van der Waals surface area contributed by atoms with Crippen LogP contribution in [0.15, 0.2) is 22.8 Å². The van der Waals surface area contributed by atoms with E-state index >= 15 is 0 Å². The lowest BCUT2D eigenvalue weighted by Crippen LogP contribution is -2.15. The van der Waals surface area contributed by atoms with E-state index in [4.69, 9.17) is 4.42 Å². The average molecular weight is 217 g/mol. The summed E-state index contributed by atoms with van der Waals surface area (Å²) in [5.74, 6) is 0. The molecule has 0 aliphatic carbocycles. The first kappa shape index (κ1) is 11.2. The van der Waals surface area contributed by atoms with Crippen LogP contribution in [0, 0.1) is 13.8 Å². The van der Waals surface area contributed by atoms with Gasteiger partial charge in [0.05, 0.1) is 6.26 Å². The molecular weight excluding hydrogens is 198 g/mol. The van der Waals surface area contributed by atoms with Crippen LogP contribution in [0.1, 0.15) is 23.6 Å². The maximum atomic E-state index is 5.64. The Kier molecular flexibility index (Phi) is 3.30. The van der Waals surface area contributed by atoms with Crippen molar-refractivity contribution in [2.75, 3.05) is 13.1 Å². The highest BCUT2D eigenvalue weighted by atomic mass is 16.3. The molecule has 0 fully saturated rings. The van der Waals surface area contributed by atoms with Crippen LogP contribution < -0.4 is 5.32 Å². The molecule has 0 saturated carbocycles. The number of benzene rings is 1. The number of furan rings is 1. The van der Waals surface area contributed by atoms with E-state index in [0.717, 1.165) is 25.1 Å². The van der Waals surface area contributed by atoms with E-state index in [1.807, 2.05) is 6.26 Å². The summed E-state index contributed by atoms with van der Waals surface area (Å²) in [5.41, 5.74) is 4.88. The number of likely N-dealkylation sites (N-methyl/N-ethyl adjacent to an activating group) is 1. The lowest BCUT2D eigenvalue weighted by molar-refractivity contribution is 0.605. The Hall–Kier alpha value is -1.28. The van der Waals surface area contributed by atoms with Crippen LogP contribution in [0.2, 0.25) is 0 Å². The van der Waals surface area contributed by atoms with Crippen molar-refractivity contribution < 1.29 is 4.42 Å². The van der Waals surface area contributed by atoms with Crippen LogP contribution in [-0.4, -0.2) is 13.1 Å². The average Bonchev–Trinajstić information content (AvgIpc) is 2.62. The molecule has 2 nitrogen and oxygen atoms in total. The van der Waals surface area contributed by atoms with Gasteiger partial charge in [0.15, 0.2) is 0 Å². The molecule has 2 heteroatoms. The highest BCUT2D eigenvalue weighted by Crippen LogP contribution is 2.25. The monoisotopic (exact) mass is 217 g/mol. The minimum atomic E-state index is 1.01. The highest BCUT2D eigenvalue weighted by molar-refractivity contribution is 5.84. The van der Waals surface area contributed by atoms with Crippen molar-refractivity contribution >= 4 is 11.0 Å². The second kappa shape index (κ2) is 4.71. The summed E-state index contributed by atoms with van der Waals surface area (Å²) in [7, 11) is 0. The third-order valence-electron chi connectivity index (χ3n) is 2.91. The van der Waals surface area contributed by atoms with Crippen molar-refractivity contribution in [3.8, 4) is 0 Å². The Labute approximate surface area is 96.6 Å². The van der Waals surface area contributed by atoms with E-state index in [0.29, 0.717) is 0 Å². The van der Waals surface area contributed by atoms with Gasteiger partial charge < -0.3 is 9.73 Å². The number of hydrogen-bond donors (Lipinski definition) is 1. The van der Waals surface area contributed by atoms with E-state index in [1.165, 1.54) is 22.1 Å². The maximum Gasteiger partial charge on any atom is 0.137 e. The molecule has 0 amide bonds. The van der Waals surface area contributed by atoms with Gasteiger partial charge in [-0.15, -0.1) is 0 Å². The number of nitrogens with one attached hydrogen (secondary N) is 1. The maximum absolute atomic E-state index is 5.64. The van der Waals surface area contributed by atoms with Crippen LogP contribution in [0.5, 0.6) is 0 Å². The van der Waals surface area contributed by atoms with Gasteiger partial charge in [0.1, 0.15) is 5.58 Å². The number of aryl methyl sites for hydroxylation is 2. The van der Waals surface area contributed by atoms with Crippen molar-refractivity contribution in [1.82, 2.24) is 5.32 Å². The molecule has 0 spiro atoms. The Morgan fingerprint density at radius 1 is 1.25 bits per heavy atom. The number of hydrogen-bond acceptors (Lipinski definition) is 2. The summed E-state index contributed by atoms with van der Waals surface area (Å²) in [6, 6.07) is 4.38. The zero-order valence-corrected chi connectivity index (χ0v) is 10.3. The second-order valence-electron chi connectivity index (χ2n) is 4.32. The van der Waals surface area contributed by atoms with Crippen molar-refractivity contribution in [1.29, 1.82) is 0 Å². The normalized spacial score (nSPS) is 11.2. The molecular formula is C14H19NO. The molecule has 1 N–H and O–H groups in total. The summed E-state index contributed by atoms with van der Waals surface area (Å²) in [6.07, 6.45) is 2.93. The summed E-state index contributed by atoms with van der Waals surface area (Å²) in [5, 5.41) is 4.61.